The minimum absolute atomic E-state index is 0.0518. The molecular weight excluding hydrogens is 298 g/mol. The highest BCUT2D eigenvalue weighted by atomic mass is 35.5. The average molecular weight is 313 g/mol. The Hall–Kier alpha value is -1.65. The summed E-state index contributed by atoms with van der Waals surface area (Å²) >= 11 is 5.92. The van der Waals surface area contributed by atoms with Crippen LogP contribution in [-0.2, 0) is 6.42 Å². The van der Waals surface area contributed by atoms with E-state index in [1.54, 1.807) is 18.2 Å². The maximum atomic E-state index is 13.8. The smallest absolute Gasteiger partial charge is 0.131 e. The van der Waals surface area contributed by atoms with Gasteiger partial charge in [-0.2, -0.15) is 0 Å². The predicted molar refractivity (Wildman–Crippen MR) is 77.8 cm³/mol. The zero-order chi connectivity index (χ0) is 15.6. The lowest BCUT2D eigenvalue weighted by atomic mass is 9.98. The molecule has 0 heterocycles. The summed E-state index contributed by atoms with van der Waals surface area (Å²) in [4.78, 5) is 0. The molecule has 0 saturated heterocycles. The molecule has 112 valence electrons. The monoisotopic (exact) mass is 312 g/mol. The summed E-state index contributed by atoms with van der Waals surface area (Å²) in [5.41, 5.74) is 0.985. The van der Waals surface area contributed by atoms with Gasteiger partial charge in [0.05, 0.1) is 13.2 Å². The second-order valence-corrected chi connectivity index (χ2v) is 5.24. The molecule has 0 radical (unpaired) electrons. The number of aliphatic hydroxyl groups excluding tert-OH is 1. The van der Waals surface area contributed by atoms with Gasteiger partial charge < -0.3 is 9.84 Å². The molecule has 1 unspecified atom stereocenters. The third-order valence-electron chi connectivity index (χ3n) is 3.29. The SMILES string of the molecule is COc1ccc(Cl)cc1CC(O)c1cc(C)c(F)cc1F. The number of halogens is 3. The molecule has 0 aliphatic carbocycles. The van der Waals surface area contributed by atoms with Crippen molar-refractivity contribution >= 4 is 11.6 Å². The Bertz CT molecular complexity index is 659. The van der Waals surface area contributed by atoms with Gasteiger partial charge in [-0.25, -0.2) is 8.78 Å². The molecule has 5 heteroatoms. The third-order valence-corrected chi connectivity index (χ3v) is 3.53. The Morgan fingerprint density at radius 3 is 2.57 bits per heavy atom. The molecule has 2 aromatic rings. The van der Waals surface area contributed by atoms with Gasteiger partial charge in [0.15, 0.2) is 0 Å². The van der Waals surface area contributed by atoms with Crippen LogP contribution in [0.1, 0.15) is 22.8 Å². The van der Waals surface area contributed by atoms with Crippen LogP contribution in [0, 0.1) is 18.6 Å². The molecule has 0 saturated carbocycles. The maximum absolute atomic E-state index is 13.8. The number of methoxy groups -OCH3 is 1. The highest BCUT2D eigenvalue weighted by molar-refractivity contribution is 6.30. The van der Waals surface area contributed by atoms with Crippen molar-refractivity contribution in [2.24, 2.45) is 0 Å². The second-order valence-electron chi connectivity index (χ2n) is 4.80. The van der Waals surface area contributed by atoms with Gasteiger partial charge in [0.25, 0.3) is 0 Å². The van der Waals surface area contributed by atoms with Gasteiger partial charge in [-0.05, 0) is 42.3 Å². The molecule has 2 nitrogen and oxygen atoms in total. The number of ether oxygens (including phenoxy) is 1. The zero-order valence-corrected chi connectivity index (χ0v) is 12.4. The first-order chi connectivity index (χ1) is 9.92. The lowest BCUT2D eigenvalue weighted by Crippen LogP contribution is -2.07. The topological polar surface area (TPSA) is 29.5 Å². The predicted octanol–water partition coefficient (Wildman–Crippen LogP) is 4.21. The quantitative estimate of drug-likeness (QED) is 0.916. The van der Waals surface area contributed by atoms with Gasteiger partial charge in [-0.15, -0.1) is 0 Å². The molecule has 2 aromatic carbocycles. The second kappa shape index (κ2) is 6.41. The lowest BCUT2D eigenvalue weighted by molar-refractivity contribution is 0.172. The van der Waals surface area contributed by atoms with Crippen LogP contribution >= 0.6 is 11.6 Å². The van der Waals surface area contributed by atoms with E-state index >= 15 is 0 Å². The van der Waals surface area contributed by atoms with Crippen molar-refractivity contribution in [3.05, 3.63) is 63.7 Å². The standard InChI is InChI=1S/C16H15ClF2O2/c1-9-5-12(14(19)8-13(9)18)15(20)7-10-6-11(17)3-4-16(10)21-2/h3-6,8,15,20H,7H2,1-2H3. The fourth-order valence-corrected chi connectivity index (χ4v) is 2.35. The third kappa shape index (κ3) is 3.52. The molecular formula is C16H15ClF2O2. The first-order valence-corrected chi connectivity index (χ1v) is 6.76. The molecule has 21 heavy (non-hydrogen) atoms. The first kappa shape index (κ1) is 15.7. The van der Waals surface area contributed by atoms with Crippen molar-refractivity contribution in [3.8, 4) is 5.75 Å². The van der Waals surface area contributed by atoms with Crippen LogP contribution in [0.3, 0.4) is 0 Å². The van der Waals surface area contributed by atoms with Crippen LogP contribution in [0.5, 0.6) is 5.75 Å². The number of rotatable bonds is 4. The molecule has 0 bridgehead atoms. The van der Waals surface area contributed by atoms with E-state index in [0.717, 1.165) is 6.07 Å². The Balaban J connectivity index is 2.32. The summed E-state index contributed by atoms with van der Waals surface area (Å²) in [6, 6.07) is 7.09. The lowest BCUT2D eigenvalue weighted by Gasteiger charge is -2.15. The van der Waals surface area contributed by atoms with Gasteiger partial charge >= 0.3 is 0 Å². The van der Waals surface area contributed by atoms with Crippen molar-refractivity contribution < 1.29 is 18.6 Å². The molecule has 0 amide bonds. The van der Waals surface area contributed by atoms with E-state index < -0.39 is 17.7 Å². The number of hydrogen-bond acceptors (Lipinski definition) is 2. The minimum atomic E-state index is -1.11. The van der Waals surface area contributed by atoms with E-state index in [4.69, 9.17) is 16.3 Å². The molecule has 1 atom stereocenters. The largest absolute Gasteiger partial charge is 0.496 e. The van der Waals surface area contributed by atoms with Crippen LogP contribution in [0.4, 0.5) is 8.78 Å². The van der Waals surface area contributed by atoms with Crippen molar-refractivity contribution in [2.45, 2.75) is 19.4 Å². The zero-order valence-electron chi connectivity index (χ0n) is 11.7. The Labute approximate surface area is 126 Å². The van der Waals surface area contributed by atoms with E-state index in [2.05, 4.69) is 0 Å². The van der Waals surface area contributed by atoms with Crippen LogP contribution < -0.4 is 4.74 Å². The summed E-state index contributed by atoms with van der Waals surface area (Å²) in [6.45, 7) is 1.52. The molecule has 0 aromatic heterocycles. The summed E-state index contributed by atoms with van der Waals surface area (Å²) in [6.07, 6.45) is -0.997. The van der Waals surface area contributed by atoms with E-state index in [1.165, 1.54) is 20.1 Å². The number of aliphatic hydroxyl groups is 1. The summed E-state index contributed by atoms with van der Waals surface area (Å²) in [5.74, 6) is -0.854. The van der Waals surface area contributed by atoms with Crippen LogP contribution in [-0.4, -0.2) is 12.2 Å². The first-order valence-electron chi connectivity index (χ1n) is 6.38. The Morgan fingerprint density at radius 1 is 1.19 bits per heavy atom. The van der Waals surface area contributed by atoms with Crippen molar-refractivity contribution in [1.82, 2.24) is 0 Å². The Morgan fingerprint density at radius 2 is 1.90 bits per heavy atom. The van der Waals surface area contributed by atoms with E-state index in [0.29, 0.717) is 16.3 Å². The Kier molecular flexibility index (Phi) is 4.80. The normalized spacial score (nSPS) is 12.3. The number of benzene rings is 2. The van der Waals surface area contributed by atoms with E-state index in [1.807, 2.05) is 0 Å². The van der Waals surface area contributed by atoms with Crippen LogP contribution in [0.25, 0.3) is 0 Å². The molecule has 1 N–H and O–H groups in total. The van der Waals surface area contributed by atoms with Crippen LogP contribution in [0.15, 0.2) is 30.3 Å². The van der Waals surface area contributed by atoms with E-state index in [9.17, 15) is 13.9 Å². The van der Waals surface area contributed by atoms with Crippen molar-refractivity contribution in [1.29, 1.82) is 0 Å². The molecule has 0 aliphatic rings. The fourth-order valence-electron chi connectivity index (χ4n) is 2.16. The average Bonchev–Trinajstić information content (AvgIpc) is 2.43. The number of hydrogen-bond donors (Lipinski definition) is 1. The number of aryl methyl sites for hydroxylation is 1. The van der Waals surface area contributed by atoms with Crippen molar-refractivity contribution in [2.75, 3.05) is 7.11 Å². The highest BCUT2D eigenvalue weighted by Crippen LogP contribution is 2.29. The van der Waals surface area contributed by atoms with Gasteiger partial charge in [0.1, 0.15) is 17.4 Å². The fraction of sp³-hybridized carbons (Fsp3) is 0.250. The van der Waals surface area contributed by atoms with Gasteiger partial charge in [-0.1, -0.05) is 11.6 Å². The van der Waals surface area contributed by atoms with Gasteiger partial charge in [0.2, 0.25) is 0 Å². The molecule has 0 aliphatic heterocycles. The van der Waals surface area contributed by atoms with Crippen LogP contribution in [0.2, 0.25) is 5.02 Å². The van der Waals surface area contributed by atoms with Gasteiger partial charge in [-0.3, -0.25) is 0 Å². The molecule has 0 spiro atoms. The van der Waals surface area contributed by atoms with Crippen molar-refractivity contribution in [3.63, 3.8) is 0 Å². The molecule has 0 fully saturated rings. The van der Waals surface area contributed by atoms with Gasteiger partial charge in [0, 0.05) is 23.1 Å². The highest BCUT2D eigenvalue weighted by Gasteiger charge is 2.18. The maximum Gasteiger partial charge on any atom is 0.131 e. The van der Waals surface area contributed by atoms with E-state index in [-0.39, 0.29) is 17.5 Å². The summed E-state index contributed by atoms with van der Waals surface area (Å²) in [7, 11) is 1.50. The minimum Gasteiger partial charge on any atom is -0.496 e. The molecule has 2 rings (SSSR count). The summed E-state index contributed by atoms with van der Waals surface area (Å²) in [5, 5.41) is 10.7. The summed E-state index contributed by atoms with van der Waals surface area (Å²) < 4.78 is 32.2.